The van der Waals surface area contributed by atoms with Crippen LogP contribution in [-0.2, 0) is 9.53 Å². The molecule has 33 heavy (non-hydrogen) atoms. The number of anilines is 2. The first-order valence-electron chi connectivity index (χ1n) is 11.0. The third kappa shape index (κ3) is 5.65. The van der Waals surface area contributed by atoms with Crippen LogP contribution in [0.4, 0.5) is 10.7 Å². The van der Waals surface area contributed by atoms with Gasteiger partial charge in [0.15, 0.2) is 0 Å². The Kier molecular flexibility index (Phi) is 8.32. The first-order valence-corrected chi connectivity index (χ1v) is 11.9. The van der Waals surface area contributed by atoms with Gasteiger partial charge in [-0.25, -0.2) is 4.79 Å². The maximum Gasteiger partial charge on any atom is 0.341 e. The first kappa shape index (κ1) is 24.6. The highest BCUT2D eigenvalue weighted by Crippen LogP contribution is 2.37. The Balaban J connectivity index is 1.91. The number of methoxy groups -OCH3 is 2. The Morgan fingerprint density at radius 3 is 2.42 bits per heavy atom. The lowest BCUT2D eigenvalue weighted by atomic mass is 9.89. The average Bonchev–Trinajstić information content (AvgIpc) is 3.15. The Hall–Kier alpha value is -3.07. The van der Waals surface area contributed by atoms with Crippen LogP contribution in [0.15, 0.2) is 18.2 Å². The molecule has 1 saturated carbocycles. The van der Waals surface area contributed by atoms with Crippen molar-refractivity contribution in [1.29, 1.82) is 0 Å². The molecule has 1 aromatic heterocycles. The van der Waals surface area contributed by atoms with Crippen LogP contribution in [0.3, 0.4) is 0 Å². The third-order valence-corrected chi connectivity index (χ3v) is 6.91. The number of benzene rings is 1. The van der Waals surface area contributed by atoms with Gasteiger partial charge in [0.25, 0.3) is 5.91 Å². The molecule has 9 heteroatoms. The van der Waals surface area contributed by atoms with E-state index in [1.807, 2.05) is 0 Å². The van der Waals surface area contributed by atoms with Gasteiger partial charge in [0.2, 0.25) is 5.91 Å². The van der Waals surface area contributed by atoms with Crippen molar-refractivity contribution < 1.29 is 28.6 Å². The van der Waals surface area contributed by atoms with Gasteiger partial charge in [-0.15, -0.1) is 11.3 Å². The highest BCUT2D eigenvalue weighted by atomic mass is 32.1. The summed E-state index contributed by atoms with van der Waals surface area (Å²) < 4.78 is 15.8. The number of ether oxygens (including phenoxy) is 3. The molecule has 0 spiro atoms. The molecule has 1 aliphatic rings. The van der Waals surface area contributed by atoms with Gasteiger partial charge in [-0.3, -0.25) is 9.59 Å². The fourth-order valence-electron chi connectivity index (χ4n) is 3.94. The van der Waals surface area contributed by atoms with E-state index in [9.17, 15) is 14.4 Å². The monoisotopic (exact) mass is 474 g/mol. The highest BCUT2D eigenvalue weighted by molar-refractivity contribution is 7.19. The van der Waals surface area contributed by atoms with Crippen LogP contribution in [0.2, 0.25) is 0 Å². The van der Waals surface area contributed by atoms with Crippen LogP contribution >= 0.6 is 11.3 Å². The molecule has 0 radical (unpaired) electrons. The Labute approximate surface area is 197 Å². The maximum absolute atomic E-state index is 13.2. The molecule has 0 atom stereocenters. The maximum atomic E-state index is 13.2. The lowest BCUT2D eigenvalue weighted by molar-refractivity contribution is -0.120. The molecular formula is C24H30N2O6S. The second-order valence-electron chi connectivity index (χ2n) is 7.83. The van der Waals surface area contributed by atoms with Crippen LogP contribution < -0.4 is 20.1 Å². The summed E-state index contributed by atoms with van der Waals surface area (Å²) in [5.74, 6) is -0.176. The first-order chi connectivity index (χ1) is 15.9. The smallest absolute Gasteiger partial charge is 0.341 e. The fraction of sp³-hybridized carbons (Fsp3) is 0.458. The van der Waals surface area contributed by atoms with Crippen molar-refractivity contribution in [3.8, 4) is 11.5 Å². The lowest BCUT2D eigenvalue weighted by Crippen LogP contribution is -2.25. The number of esters is 1. The molecule has 178 valence electrons. The van der Waals surface area contributed by atoms with Crippen molar-refractivity contribution in [3.05, 3.63) is 34.2 Å². The van der Waals surface area contributed by atoms with E-state index in [1.54, 1.807) is 32.0 Å². The van der Waals surface area contributed by atoms with E-state index in [0.717, 1.165) is 43.4 Å². The minimum Gasteiger partial charge on any atom is -0.497 e. The zero-order valence-electron chi connectivity index (χ0n) is 19.4. The third-order valence-electron chi connectivity index (χ3n) is 5.70. The van der Waals surface area contributed by atoms with Gasteiger partial charge >= 0.3 is 5.97 Å². The molecule has 2 N–H and O–H groups in total. The molecule has 0 saturated heterocycles. The van der Waals surface area contributed by atoms with Crippen LogP contribution in [0.5, 0.6) is 11.5 Å². The van der Waals surface area contributed by atoms with Crippen LogP contribution in [0.25, 0.3) is 0 Å². The molecule has 2 amide bonds. The van der Waals surface area contributed by atoms with Crippen LogP contribution in [-0.4, -0.2) is 38.6 Å². The van der Waals surface area contributed by atoms with Crippen molar-refractivity contribution in [3.63, 3.8) is 0 Å². The van der Waals surface area contributed by atoms with Crippen molar-refractivity contribution in [2.75, 3.05) is 31.5 Å². The number of rotatable bonds is 8. The molecule has 8 nitrogen and oxygen atoms in total. The number of thiophene rings is 1. The van der Waals surface area contributed by atoms with Gasteiger partial charge in [-0.2, -0.15) is 0 Å². The molecule has 1 aromatic carbocycles. The molecule has 3 rings (SSSR count). The molecule has 0 bridgehead atoms. The van der Waals surface area contributed by atoms with Gasteiger partial charge in [-0.05, 0) is 44.4 Å². The number of nitrogens with one attached hydrogen (secondary N) is 2. The summed E-state index contributed by atoms with van der Waals surface area (Å²) in [7, 11) is 3.04. The molecule has 0 aliphatic heterocycles. The zero-order chi connectivity index (χ0) is 24.0. The molecular weight excluding hydrogens is 444 g/mol. The lowest BCUT2D eigenvalue weighted by Gasteiger charge is -2.20. The van der Waals surface area contributed by atoms with Gasteiger partial charge < -0.3 is 24.8 Å². The van der Waals surface area contributed by atoms with Crippen LogP contribution in [0.1, 0.15) is 64.6 Å². The highest BCUT2D eigenvalue weighted by Gasteiger charge is 2.29. The summed E-state index contributed by atoms with van der Waals surface area (Å²) in [5, 5.41) is 6.05. The van der Waals surface area contributed by atoms with Crippen molar-refractivity contribution in [2.45, 2.75) is 46.0 Å². The molecule has 1 fully saturated rings. The van der Waals surface area contributed by atoms with Gasteiger partial charge in [0.1, 0.15) is 16.5 Å². The summed E-state index contributed by atoms with van der Waals surface area (Å²) in [4.78, 5) is 39.0. The van der Waals surface area contributed by atoms with E-state index in [0.29, 0.717) is 32.6 Å². The summed E-state index contributed by atoms with van der Waals surface area (Å²) in [5.41, 5.74) is 1.10. The van der Waals surface area contributed by atoms with E-state index >= 15 is 0 Å². The standard InChI is InChI=1S/C24H30N2O6S/c1-5-32-24(29)19-14(2)20(33-23(19)26-21(27)15-9-7-6-8-10-15)22(28)25-17-13-16(30-3)11-12-18(17)31-4/h11-13,15H,5-10H2,1-4H3,(H,25,28)(H,26,27). The Bertz CT molecular complexity index is 1030. The predicted octanol–water partition coefficient (Wildman–Crippen LogP) is 5.02. The van der Waals surface area contributed by atoms with E-state index in [1.165, 1.54) is 14.2 Å². The van der Waals surface area contributed by atoms with E-state index in [4.69, 9.17) is 14.2 Å². The average molecular weight is 475 g/mol. The number of hydrogen-bond donors (Lipinski definition) is 2. The van der Waals surface area contributed by atoms with E-state index in [2.05, 4.69) is 10.6 Å². The van der Waals surface area contributed by atoms with E-state index in [-0.39, 0.29) is 24.0 Å². The molecule has 1 aliphatic carbocycles. The van der Waals surface area contributed by atoms with Crippen molar-refractivity contribution >= 4 is 39.8 Å². The van der Waals surface area contributed by atoms with E-state index < -0.39 is 11.9 Å². The Morgan fingerprint density at radius 1 is 1.06 bits per heavy atom. The zero-order valence-corrected chi connectivity index (χ0v) is 20.2. The summed E-state index contributed by atoms with van der Waals surface area (Å²) in [6, 6.07) is 5.07. The summed E-state index contributed by atoms with van der Waals surface area (Å²) in [6.45, 7) is 3.58. The molecule has 0 unspecified atom stereocenters. The van der Waals surface area contributed by atoms with Crippen molar-refractivity contribution in [1.82, 2.24) is 0 Å². The van der Waals surface area contributed by atoms with Crippen molar-refractivity contribution in [2.24, 2.45) is 5.92 Å². The molecule has 2 aromatic rings. The minimum atomic E-state index is -0.566. The second-order valence-corrected chi connectivity index (χ2v) is 8.85. The Morgan fingerprint density at radius 2 is 1.79 bits per heavy atom. The largest absolute Gasteiger partial charge is 0.497 e. The fourth-order valence-corrected chi connectivity index (χ4v) is 5.03. The number of carbonyl (C=O) groups is 3. The second kappa shape index (κ2) is 11.2. The van der Waals surface area contributed by atoms with Gasteiger partial charge in [0, 0.05) is 12.0 Å². The SMILES string of the molecule is CCOC(=O)c1c(NC(=O)C2CCCCC2)sc(C(=O)Nc2cc(OC)ccc2OC)c1C. The molecule has 1 heterocycles. The van der Waals surface area contributed by atoms with Gasteiger partial charge in [0.05, 0.1) is 37.0 Å². The van der Waals surface area contributed by atoms with Crippen LogP contribution in [0, 0.1) is 12.8 Å². The number of amides is 2. The normalized spacial score (nSPS) is 13.8. The number of hydrogen-bond acceptors (Lipinski definition) is 7. The summed E-state index contributed by atoms with van der Waals surface area (Å²) in [6.07, 6.45) is 4.82. The minimum absolute atomic E-state index is 0.0884. The summed E-state index contributed by atoms with van der Waals surface area (Å²) >= 11 is 1.07. The topological polar surface area (TPSA) is 103 Å². The predicted molar refractivity (Wildman–Crippen MR) is 128 cm³/mol. The quantitative estimate of drug-likeness (QED) is 0.521. The number of carbonyl (C=O) groups excluding carboxylic acids is 3. The van der Waals surface area contributed by atoms with Gasteiger partial charge in [-0.1, -0.05) is 19.3 Å².